The largest absolute Gasteiger partial charge is 0.496 e. The number of halogens is 1. The number of hydrogen-bond donors (Lipinski definition) is 1. The third-order valence-electron chi connectivity index (χ3n) is 3.39. The van der Waals surface area contributed by atoms with Gasteiger partial charge in [0.2, 0.25) is 0 Å². The van der Waals surface area contributed by atoms with Crippen molar-refractivity contribution < 1.29 is 23.5 Å². The second-order valence-corrected chi connectivity index (χ2v) is 5.99. The first kappa shape index (κ1) is 18.8. The van der Waals surface area contributed by atoms with E-state index < -0.39 is 23.8 Å². The molecule has 0 radical (unpaired) electrons. The number of amides is 1. The van der Waals surface area contributed by atoms with Crippen LogP contribution in [0.25, 0.3) is 0 Å². The fraction of sp³-hybridized carbons (Fsp3) is 0.222. The molecule has 0 heterocycles. The molecule has 132 valence electrons. The van der Waals surface area contributed by atoms with E-state index in [2.05, 4.69) is 5.32 Å². The van der Waals surface area contributed by atoms with Crippen molar-refractivity contribution in [3.8, 4) is 5.75 Å². The number of methoxy groups -OCH3 is 1. The molecule has 1 N–H and O–H groups in total. The zero-order valence-corrected chi connectivity index (χ0v) is 14.9. The quantitative estimate of drug-likeness (QED) is 0.626. The molecule has 1 atom stereocenters. The highest BCUT2D eigenvalue weighted by molar-refractivity contribution is 7.98. The van der Waals surface area contributed by atoms with Gasteiger partial charge >= 0.3 is 5.97 Å². The number of thioether (sulfide) groups is 1. The number of rotatable bonds is 6. The Hall–Kier alpha value is -2.54. The van der Waals surface area contributed by atoms with Gasteiger partial charge in [-0.25, -0.2) is 9.18 Å². The van der Waals surface area contributed by atoms with Crippen molar-refractivity contribution in [2.45, 2.75) is 17.9 Å². The first-order chi connectivity index (χ1) is 11.9. The summed E-state index contributed by atoms with van der Waals surface area (Å²) >= 11 is 1.52. The van der Waals surface area contributed by atoms with Gasteiger partial charge in [0.15, 0.2) is 6.10 Å². The Morgan fingerprint density at radius 1 is 1.16 bits per heavy atom. The number of hydrogen-bond acceptors (Lipinski definition) is 5. The molecule has 0 aliphatic carbocycles. The SMILES string of the molecule is COc1cc(SC)ccc1C(=O)O[C@H](C)C(=O)Nc1ccc(F)cc1. The molecule has 2 aromatic carbocycles. The molecule has 2 aromatic rings. The first-order valence-electron chi connectivity index (χ1n) is 7.44. The molecular weight excluding hydrogens is 345 g/mol. The van der Waals surface area contributed by atoms with Crippen LogP contribution >= 0.6 is 11.8 Å². The highest BCUT2D eigenvalue weighted by atomic mass is 32.2. The Morgan fingerprint density at radius 2 is 1.84 bits per heavy atom. The zero-order chi connectivity index (χ0) is 18.4. The second-order valence-electron chi connectivity index (χ2n) is 5.11. The molecule has 0 saturated heterocycles. The van der Waals surface area contributed by atoms with Gasteiger partial charge in [-0.05, 0) is 55.6 Å². The van der Waals surface area contributed by atoms with Gasteiger partial charge in [-0.15, -0.1) is 11.8 Å². The number of esters is 1. The van der Waals surface area contributed by atoms with Crippen molar-refractivity contribution in [1.29, 1.82) is 0 Å². The maximum atomic E-state index is 12.9. The van der Waals surface area contributed by atoms with E-state index in [9.17, 15) is 14.0 Å². The van der Waals surface area contributed by atoms with E-state index >= 15 is 0 Å². The Bertz CT molecular complexity index is 764. The third kappa shape index (κ3) is 4.96. The van der Waals surface area contributed by atoms with Gasteiger partial charge in [0.25, 0.3) is 5.91 Å². The maximum Gasteiger partial charge on any atom is 0.342 e. The molecule has 0 saturated carbocycles. The van der Waals surface area contributed by atoms with E-state index in [0.717, 1.165) is 4.90 Å². The maximum absolute atomic E-state index is 12.9. The summed E-state index contributed by atoms with van der Waals surface area (Å²) in [4.78, 5) is 25.3. The van der Waals surface area contributed by atoms with Crippen molar-refractivity contribution in [1.82, 2.24) is 0 Å². The average molecular weight is 363 g/mol. The lowest BCUT2D eigenvalue weighted by molar-refractivity contribution is -0.123. The third-order valence-corrected chi connectivity index (χ3v) is 4.12. The number of benzene rings is 2. The fourth-order valence-corrected chi connectivity index (χ4v) is 2.45. The number of carbonyl (C=O) groups excluding carboxylic acids is 2. The van der Waals surface area contributed by atoms with E-state index in [0.29, 0.717) is 11.4 Å². The standard InChI is InChI=1S/C18H18FNO4S/c1-11(17(21)20-13-6-4-12(19)5-7-13)24-18(22)15-9-8-14(25-3)10-16(15)23-2/h4-11H,1-3H3,(H,20,21)/t11-/m1/s1. The summed E-state index contributed by atoms with van der Waals surface area (Å²) < 4.78 is 23.3. The molecule has 0 bridgehead atoms. The summed E-state index contributed by atoms with van der Waals surface area (Å²) in [6, 6.07) is 10.4. The second kappa shape index (κ2) is 8.53. The Balaban J connectivity index is 2.04. The molecule has 1 amide bonds. The summed E-state index contributed by atoms with van der Waals surface area (Å²) in [5.41, 5.74) is 0.651. The van der Waals surface area contributed by atoms with Gasteiger partial charge < -0.3 is 14.8 Å². The normalized spacial score (nSPS) is 11.5. The van der Waals surface area contributed by atoms with E-state index in [4.69, 9.17) is 9.47 Å². The molecule has 0 aliphatic rings. The average Bonchev–Trinajstić information content (AvgIpc) is 2.62. The van der Waals surface area contributed by atoms with Gasteiger partial charge in [0.05, 0.1) is 7.11 Å². The van der Waals surface area contributed by atoms with E-state index in [1.807, 2.05) is 6.26 Å². The predicted molar refractivity (Wildman–Crippen MR) is 94.7 cm³/mol. The van der Waals surface area contributed by atoms with Crippen LogP contribution in [0.15, 0.2) is 47.4 Å². The lowest BCUT2D eigenvalue weighted by Crippen LogP contribution is -2.30. The van der Waals surface area contributed by atoms with Crippen molar-refractivity contribution in [3.05, 3.63) is 53.8 Å². The highest BCUT2D eigenvalue weighted by Gasteiger charge is 2.21. The zero-order valence-electron chi connectivity index (χ0n) is 14.0. The Kier molecular flexibility index (Phi) is 6.41. The number of carbonyl (C=O) groups is 2. The van der Waals surface area contributed by atoms with Crippen LogP contribution in [0, 0.1) is 5.82 Å². The van der Waals surface area contributed by atoms with Crippen LogP contribution < -0.4 is 10.1 Å². The molecule has 5 nitrogen and oxygen atoms in total. The molecule has 0 spiro atoms. The van der Waals surface area contributed by atoms with Crippen LogP contribution in [0.3, 0.4) is 0 Å². The van der Waals surface area contributed by atoms with Gasteiger partial charge in [0.1, 0.15) is 17.1 Å². The van der Waals surface area contributed by atoms with Gasteiger partial charge in [-0.1, -0.05) is 0 Å². The summed E-state index contributed by atoms with van der Waals surface area (Å²) in [5, 5.41) is 2.56. The van der Waals surface area contributed by atoms with Crippen LogP contribution in [0.4, 0.5) is 10.1 Å². The minimum Gasteiger partial charge on any atom is -0.496 e. The van der Waals surface area contributed by atoms with Gasteiger partial charge in [-0.2, -0.15) is 0 Å². The topological polar surface area (TPSA) is 64.6 Å². The van der Waals surface area contributed by atoms with E-state index in [1.54, 1.807) is 18.2 Å². The molecule has 25 heavy (non-hydrogen) atoms. The first-order valence-corrected chi connectivity index (χ1v) is 8.66. The predicted octanol–water partition coefficient (Wildman–Crippen LogP) is 3.74. The lowest BCUT2D eigenvalue weighted by atomic mass is 10.2. The van der Waals surface area contributed by atoms with E-state index in [1.165, 1.54) is 50.1 Å². The minimum atomic E-state index is -1.03. The smallest absolute Gasteiger partial charge is 0.342 e. The lowest BCUT2D eigenvalue weighted by Gasteiger charge is -2.15. The van der Waals surface area contributed by atoms with Crippen LogP contribution in [0.1, 0.15) is 17.3 Å². The van der Waals surface area contributed by atoms with Crippen LogP contribution in [0.5, 0.6) is 5.75 Å². The van der Waals surface area contributed by atoms with E-state index in [-0.39, 0.29) is 5.56 Å². The summed E-state index contributed by atoms with van der Waals surface area (Å²) in [6.07, 6.45) is 0.886. The van der Waals surface area contributed by atoms with Crippen molar-refractivity contribution in [2.75, 3.05) is 18.7 Å². The molecule has 0 aliphatic heterocycles. The molecule has 0 aromatic heterocycles. The Labute approximate surface area is 149 Å². The fourth-order valence-electron chi connectivity index (χ4n) is 2.02. The van der Waals surface area contributed by atoms with Crippen molar-refractivity contribution in [2.24, 2.45) is 0 Å². The van der Waals surface area contributed by atoms with Crippen molar-refractivity contribution in [3.63, 3.8) is 0 Å². The van der Waals surface area contributed by atoms with Crippen molar-refractivity contribution >= 4 is 29.3 Å². The number of anilines is 1. The molecule has 7 heteroatoms. The molecule has 2 rings (SSSR count). The highest BCUT2D eigenvalue weighted by Crippen LogP contribution is 2.26. The molecular formula is C18H18FNO4S. The number of ether oxygens (including phenoxy) is 2. The molecule has 0 unspecified atom stereocenters. The minimum absolute atomic E-state index is 0.238. The Morgan fingerprint density at radius 3 is 2.44 bits per heavy atom. The summed E-state index contributed by atoms with van der Waals surface area (Å²) in [6.45, 7) is 1.46. The van der Waals surface area contributed by atoms with Crippen LogP contribution in [-0.4, -0.2) is 31.3 Å². The molecule has 0 fully saturated rings. The van der Waals surface area contributed by atoms with Crippen LogP contribution in [-0.2, 0) is 9.53 Å². The monoisotopic (exact) mass is 363 g/mol. The van der Waals surface area contributed by atoms with Gasteiger partial charge in [-0.3, -0.25) is 4.79 Å². The van der Waals surface area contributed by atoms with Gasteiger partial charge in [0, 0.05) is 10.6 Å². The number of nitrogens with one attached hydrogen (secondary N) is 1. The summed E-state index contributed by atoms with van der Waals surface area (Å²) in [7, 11) is 1.46. The summed E-state index contributed by atoms with van der Waals surface area (Å²) in [5.74, 6) is -1.20. The van der Waals surface area contributed by atoms with Crippen LogP contribution in [0.2, 0.25) is 0 Å².